The van der Waals surface area contributed by atoms with Gasteiger partial charge in [-0.3, -0.25) is 0 Å². The van der Waals surface area contributed by atoms with Crippen molar-refractivity contribution < 1.29 is 4.39 Å². The fourth-order valence-corrected chi connectivity index (χ4v) is 0.267. The maximum absolute atomic E-state index is 11.6. The van der Waals surface area contributed by atoms with E-state index in [-0.39, 0.29) is 6.30 Å². The van der Waals surface area contributed by atoms with Crippen LogP contribution in [0.15, 0.2) is 12.3 Å². The van der Waals surface area contributed by atoms with E-state index in [1.165, 1.54) is 12.3 Å². The zero-order valence-electron chi connectivity index (χ0n) is 3.03. The third-order valence-corrected chi connectivity index (χ3v) is 0.505. The van der Waals surface area contributed by atoms with E-state index in [1.807, 2.05) is 0 Å². The van der Waals surface area contributed by atoms with Gasteiger partial charge in [0.05, 0.1) is 0 Å². The van der Waals surface area contributed by atoms with Crippen LogP contribution >= 0.6 is 0 Å². The second-order valence-corrected chi connectivity index (χ2v) is 0.951. The summed E-state index contributed by atoms with van der Waals surface area (Å²) in [6.07, 6.45) is 2.45. The van der Waals surface area contributed by atoms with E-state index in [4.69, 9.17) is 0 Å². The van der Waals surface area contributed by atoms with Crippen LogP contribution in [0.3, 0.4) is 0 Å². The lowest BCUT2D eigenvalue weighted by Crippen LogP contribution is -2.20. The largest absolute Gasteiger partial charge is 0.326 e. The molecule has 6 heavy (non-hydrogen) atoms. The maximum Gasteiger partial charge on any atom is 0.251 e. The molecule has 0 aromatic rings. The highest BCUT2D eigenvalue weighted by Crippen LogP contribution is 1.98. The fraction of sp³-hybridized carbons (Fsp3) is 0. The fourth-order valence-electron chi connectivity index (χ4n) is 0.267. The normalized spacial score (nSPS) is 21.5. The van der Waals surface area contributed by atoms with Crippen LogP contribution in [0.2, 0.25) is 0 Å². The number of hydrazine groups is 1. The molecule has 2 nitrogen and oxygen atoms in total. The van der Waals surface area contributed by atoms with Gasteiger partial charge in [0.15, 0.2) is 0 Å². The van der Waals surface area contributed by atoms with Crippen molar-refractivity contribution in [3.8, 4) is 0 Å². The number of rotatable bonds is 0. The average molecular weight is 87.1 g/mol. The van der Waals surface area contributed by atoms with Crippen molar-refractivity contribution in [1.82, 2.24) is 10.9 Å². The molecule has 0 unspecified atom stereocenters. The number of hydrogen-bond acceptors (Lipinski definition) is 2. The van der Waals surface area contributed by atoms with Crippen molar-refractivity contribution in [2.75, 3.05) is 0 Å². The smallest absolute Gasteiger partial charge is 0.251 e. The number of hydrogen-bond donors (Lipinski definition) is 2. The molecule has 1 rings (SSSR count). The predicted molar refractivity (Wildman–Crippen MR) is 19.8 cm³/mol. The summed E-state index contributed by atoms with van der Waals surface area (Å²) in [6, 6.07) is 0. The molecule has 0 aromatic carbocycles. The molecular formula is C3H4FN2. The van der Waals surface area contributed by atoms with Crippen molar-refractivity contribution >= 4 is 0 Å². The summed E-state index contributed by atoms with van der Waals surface area (Å²) in [5, 5.41) is 0. The second kappa shape index (κ2) is 1.26. The van der Waals surface area contributed by atoms with Gasteiger partial charge in [0, 0.05) is 6.20 Å². The molecule has 1 radical (unpaired) electrons. The Kier molecular flexibility index (Phi) is 0.759. The lowest BCUT2D eigenvalue weighted by atomic mass is 10.6. The highest BCUT2D eigenvalue weighted by molar-refractivity contribution is 5.03. The van der Waals surface area contributed by atoms with Crippen molar-refractivity contribution in [1.29, 1.82) is 0 Å². The van der Waals surface area contributed by atoms with Gasteiger partial charge in [-0.05, 0) is 6.08 Å². The molecule has 1 aliphatic heterocycles. The van der Waals surface area contributed by atoms with Crippen molar-refractivity contribution in [2.24, 2.45) is 0 Å². The van der Waals surface area contributed by atoms with Crippen LogP contribution in [0.25, 0.3) is 0 Å². The van der Waals surface area contributed by atoms with Gasteiger partial charge in [-0.25, -0.2) is 4.39 Å². The minimum atomic E-state index is -0.338. The van der Waals surface area contributed by atoms with E-state index in [1.54, 1.807) is 0 Å². The van der Waals surface area contributed by atoms with Gasteiger partial charge in [-0.1, -0.05) is 0 Å². The van der Waals surface area contributed by atoms with E-state index in [2.05, 4.69) is 10.9 Å². The Balaban J connectivity index is 2.38. The van der Waals surface area contributed by atoms with Crippen molar-refractivity contribution in [2.45, 2.75) is 0 Å². The Morgan fingerprint density at radius 3 is 2.67 bits per heavy atom. The second-order valence-electron chi connectivity index (χ2n) is 0.951. The molecule has 0 saturated heterocycles. The summed E-state index contributed by atoms with van der Waals surface area (Å²) < 4.78 is 11.6. The van der Waals surface area contributed by atoms with Gasteiger partial charge in [-0.2, -0.15) is 5.43 Å². The number of nitrogens with one attached hydrogen (secondary N) is 2. The minimum Gasteiger partial charge on any atom is -0.326 e. The quantitative estimate of drug-likeness (QED) is 0.408. The Morgan fingerprint density at radius 1 is 1.67 bits per heavy atom. The summed E-state index contributed by atoms with van der Waals surface area (Å²) in [7, 11) is 0. The molecule has 0 aliphatic carbocycles. The van der Waals surface area contributed by atoms with Crippen LogP contribution < -0.4 is 10.9 Å². The Morgan fingerprint density at radius 2 is 2.50 bits per heavy atom. The highest BCUT2D eigenvalue weighted by Gasteiger charge is 2.03. The van der Waals surface area contributed by atoms with Gasteiger partial charge < -0.3 is 5.43 Å². The van der Waals surface area contributed by atoms with Crippen molar-refractivity contribution in [3.05, 3.63) is 18.6 Å². The predicted octanol–water partition coefficient (Wildman–Crippen LogP) is 0.0669. The molecule has 0 fully saturated rings. The zero-order valence-corrected chi connectivity index (χ0v) is 3.03. The van der Waals surface area contributed by atoms with Crippen LogP contribution in [0.1, 0.15) is 0 Å². The van der Waals surface area contributed by atoms with E-state index in [9.17, 15) is 4.39 Å². The lowest BCUT2D eigenvalue weighted by Gasteiger charge is -1.89. The van der Waals surface area contributed by atoms with E-state index < -0.39 is 0 Å². The first-order valence-electron chi connectivity index (χ1n) is 1.60. The molecule has 0 amide bonds. The summed E-state index contributed by atoms with van der Waals surface area (Å²) in [4.78, 5) is 0. The van der Waals surface area contributed by atoms with Crippen LogP contribution in [-0.4, -0.2) is 0 Å². The molecule has 0 spiro atoms. The third-order valence-electron chi connectivity index (χ3n) is 0.505. The Labute approximate surface area is 35.0 Å². The summed E-state index contributed by atoms with van der Waals surface area (Å²) in [5.41, 5.74) is 4.64. The molecule has 0 aromatic heterocycles. The maximum atomic E-state index is 11.6. The van der Waals surface area contributed by atoms with E-state index >= 15 is 0 Å². The molecule has 0 atom stereocenters. The third kappa shape index (κ3) is 0.490. The summed E-state index contributed by atoms with van der Waals surface area (Å²) >= 11 is 0. The van der Waals surface area contributed by atoms with Gasteiger partial charge in [0.25, 0.3) is 6.30 Å². The first-order valence-corrected chi connectivity index (χ1v) is 1.60. The Bertz CT molecular complexity index is 71.2. The van der Waals surface area contributed by atoms with E-state index in [0.717, 1.165) is 0 Å². The van der Waals surface area contributed by atoms with Crippen LogP contribution in [-0.2, 0) is 0 Å². The molecular weight excluding hydrogens is 83.0 g/mol. The minimum absolute atomic E-state index is 0.338. The van der Waals surface area contributed by atoms with Crippen LogP contribution in [0, 0.1) is 6.30 Å². The van der Waals surface area contributed by atoms with Crippen LogP contribution in [0.4, 0.5) is 4.39 Å². The zero-order chi connectivity index (χ0) is 4.41. The number of halogens is 1. The lowest BCUT2D eigenvalue weighted by molar-refractivity contribution is 0.458. The summed E-state index contributed by atoms with van der Waals surface area (Å²) in [5.74, 6) is 0. The molecule has 33 valence electrons. The van der Waals surface area contributed by atoms with Gasteiger partial charge in [0.2, 0.25) is 0 Å². The van der Waals surface area contributed by atoms with Crippen molar-refractivity contribution in [3.63, 3.8) is 0 Å². The van der Waals surface area contributed by atoms with Gasteiger partial charge in [0.1, 0.15) is 0 Å². The molecule has 0 bridgehead atoms. The molecule has 1 aliphatic rings. The molecule has 0 saturated carbocycles. The van der Waals surface area contributed by atoms with Gasteiger partial charge >= 0.3 is 0 Å². The SMILES string of the molecule is F[C]1C=CNN1. The van der Waals surface area contributed by atoms with E-state index in [0.29, 0.717) is 0 Å². The first-order chi connectivity index (χ1) is 2.89. The summed E-state index contributed by atoms with van der Waals surface area (Å²) in [6.45, 7) is 0. The first kappa shape index (κ1) is 3.61. The topological polar surface area (TPSA) is 24.1 Å². The molecule has 3 heteroatoms. The molecule has 1 heterocycles. The average Bonchev–Trinajstić information content (AvgIpc) is 1.86. The molecule has 2 N–H and O–H groups in total. The highest BCUT2D eigenvalue weighted by atomic mass is 19.1. The monoisotopic (exact) mass is 87.0 g/mol. The standard InChI is InChI=1S/C3H4FN2/c4-3-1-2-5-6-3/h1-2,5-6H. The van der Waals surface area contributed by atoms with Gasteiger partial charge in [-0.15, -0.1) is 0 Å². The Hall–Kier alpha value is -0.570. The van der Waals surface area contributed by atoms with Crippen LogP contribution in [0.5, 0.6) is 0 Å².